The monoisotopic (exact) mass is 200 g/mol. The minimum absolute atomic E-state index is 0.445. The lowest BCUT2D eigenvalue weighted by Crippen LogP contribution is -2.04. The second-order valence-corrected chi connectivity index (χ2v) is 3.05. The first kappa shape index (κ1) is 11.1. The van der Waals surface area contributed by atoms with E-state index in [9.17, 15) is 9.59 Å². The van der Waals surface area contributed by atoms with E-state index < -0.39 is 11.6 Å². The maximum Gasteiger partial charge on any atom is 0.221 e. The summed E-state index contributed by atoms with van der Waals surface area (Å²) in [6.07, 6.45) is 6.43. The lowest BCUT2D eigenvalue weighted by Gasteiger charge is -1.88. The van der Waals surface area contributed by atoms with Crippen LogP contribution in [0.4, 0.5) is 0 Å². The fourth-order valence-corrected chi connectivity index (χ4v) is 0.991. The molecule has 0 aliphatic carbocycles. The summed E-state index contributed by atoms with van der Waals surface area (Å²) in [6, 6.07) is 9.72. The summed E-state index contributed by atoms with van der Waals surface area (Å²) in [5, 5.41) is 0. The van der Waals surface area contributed by atoms with E-state index in [0.717, 1.165) is 5.56 Å². The van der Waals surface area contributed by atoms with Crippen LogP contribution in [0.5, 0.6) is 0 Å². The molecule has 0 N–H and O–H groups in total. The molecule has 0 amide bonds. The number of ketones is 2. The molecule has 0 bridgehead atoms. The van der Waals surface area contributed by atoms with Gasteiger partial charge in [-0.15, -0.1) is 0 Å². The molecule has 0 saturated carbocycles. The zero-order valence-electron chi connectivity index (χ0n) is 8.51. The quantitative estimate of drug-likeness (QED) is 0.425. The van der Waals surface area contributed by atoms with Gasteiger partial charge in [-0.25, -0.2) is 0 Å². The van der Waals surface area contributed by atoms with Crippen molar-refractivity contribution in [2.24, 2.45) is 0 Å². The van der Waals surface area contributed by atoms with Crippen LogP contribution in [0.1, 0.15) is 12.5 Å². The van der Waals surface area contributed by atoms with Crippen LogP contribution in [0.3, 0.4) is 0 Å². The lowest BCUT2D eigenvalue weighted by atomic mass is 10.2. The van der Waals surface area contributed by atoms with Crippen LogP contribution in [-0.2, 0) is 9.59 Å². The molecule has 0 radical (unpaired) electrons. The summed E-state index contributed by atoms with van der Waals surface area (Å²) in [7, 11) is 0. The smallest absolute Gasteiger partial charge is 0.221 e. The van der Waals surface area contributed by atoms with Crippen LogP contribution < -0.4 is 0 Å². The maximum atomic E-state index is 10.9. The third-order valence-electron chi connectivity index (χ3n) is 1.79. The Hall–Kier alpha value is -1.96. The van der Waals surface area contributed by atoms with Crippen molar-refractivity contribution in [2.45, 2.75) is 6.92 Å². The van der Waals surface area contributed by atoms with Gasteiger partial charge in [0.25, 0.3) is 0 Å². The van der Waals surface area contributed by atoms with E-state index in [2.05, 4.69) is 0 Å². The topological polar surface area (TPSA) is 34.1 Å². The van der Waals surface area contributed by atoms with Gasteiger partial charge in [0.15, 0.2) is 5.78 Å². The number of carbonyl (C=O) groups is 2. The van der Waals surface area contributed by atoms with Gasteiger partial charge in [-0.05, 0) is 11.6 Å². The molecule has 76 valence electrons. The van der Waals surface area contributed by atoms with Gasteiger partial charge in [-0.3, -0.25) is 9.59 Å². The van der Waals surface area contributed by atoms with E-state index in [1.807, 2.05) is 36.4 Å². The van der Waals surface area contributed by atoms with Gasteiger partial charge in [0.05, 0.1) is 0 Å². The highest BCUT2D eigenvalue weighted by atomic mass is 16.2. The summed E-state index contributed by atoms with van der Waals surface area (Å²) < 4.78 is 0. The molecule has 0 aliphatic rings. The average molecular weight is 200 g/mol. The van der Waals surface area contributed by atoms with Crippen LogP contribution in [0.25, 0.3) is 6.08 Å². The Morgan fingerprint density at radius 2 is 1.73 bits per heavy atom. The normalized spacial score (nSPS) is 11.0. The van der Waals surface area contributed by atoms with E-state index >= 15 is 0 Å². The van der Waals surface area contributed by atoms with Crippen molar-refractivity contribution in [1.29, 1.82) is 0 Å². The first-order valence-electron chi connectivity index (χ1n) is 4.65. The molecule has 0 aliphatic heterocycles. The fraction of sp³-hybridized carbons (Fsp3) is 0.0769. The van der Waals surface area contributed by atoms with Crippen LogP contribution in [0.2, 0.25) is 0 Å². The van der Waals surface area contributed by atoms with Crippen LogP contribution >= 0.6 is 0 Å². The second-order valence-electron chi connectivity index (χ2n) is 3.05. The minimum Gasteiger partial charge on any atom is -0.291 e. The van der Waals surface area contributed by atoms with E-state index in [1.54, 1.807) is 12.2 Å². The molecule has 2 nitrogen and oxygen atoms in total. The van der Waals surface area contributed by atoms with Gasteiger partial charge < -0.3 is 0 Å². The highest BCUT2D eigenvalue weighted by Gasteiger charge is 1.99. The largest absolute Gasteiger partial charge is 0.291 e. The van der Waals surface area contributed by atoms with Crippen molar-refractivity contribution in [3.05, 3.63) is 54.1 Å². The molecule has 15 heavy (non-hydrogen) atoms. The molecule has 0 atom stereocenters. The predicted molar refractivity (Wildman–Crippen MR) is 60.3 cm³/mol. The summed E-state index contributed by atoms with van der Waals surface area (Å²) >= 11 is 0. The number of allylic oxidation sites excluding steroid dienone is 3. The molecule has 1 rings (SSSR count). The Morgan fingerprint density at radius 1 is 1.07 bits per heavy atom. The van der Waals surface area contributed by atoms with E-state index in [4.69, 9.17) is 0 Å². The Labute approximate surface area is 88.9 Å². The molecule has 0 aromatic heterocycles. The van der Waals surface area contributed by atoms with E-state index in [1.165, 1.54) is 13.0 Å². The van der Waals surface area contributed by atoms with Gasteiger partial charge in [0, 0.05) is 6.92 Å². The second kappa shape index (κ2) is 5.70. The Morgan fingerprint density at radius 3 is 2.33 bits per heavy atom. The number of carbonyl (C=O) groups excluding carboxylic acids is 2. The molecular formula is C13H12O2. The van der Waals surface area contributed by atoms with Crippen molar-refractivity contribution in [1.82, 2.24) is 0 Å². The van der Waals surface area contributed by atoms with Crippen molar-refractivity contribution in [3.8, 4) is 0 Å². The number of Topliss-reactive ketones (excluding diaryl/α,β-unsaturated/α-hetero) is 1. The average Bonchev–Trinajstić information content (AvgIpc) is 2.25. The van der Waals surface area contributed by atoms with Crippen LogP contribution in [0, 0.1) is 0 Å². The fourth-order valence-electron chi connectivity index (χ4n) is 0.991. The van der Waals surface area contributed by atoms with Gasteiger partial charge >= 0.3 is 0 Å². The first-order chi connectivity index (χ1) is 7.20. The van der Waals surface area contributed by atoms with Gasteiger partial charge in [-0.2, -0.15) is 0 Å². The number of rotatable bonds is 4. The first-order valence-corrected chi connectivity index (χ1v) is 4.65. The zero-order chi connectivity index (χ0) is 11.1. The molecule has 1 aromatic rings. The molecular weight excluding hydrogens is 188 g/mol. The third kappa shape index (κ3) is 4.18. The van der Waals surface area contributed by atoms with Gasteiger partial charge in [0.1, 0.15) is 0 Å². The number of benzene rings is 1. The summed E-state index contributed by atoms with van der Waals surface area (Å²) in [5.41, 5.74) is 1.05. The summed E-state index contributed by atoms with van der Waals surface area (Å²) in [6.45, 7) is 1.26. The highest BCUT2D eigenvalue weighted by Crippen LogP contribution is 2.00. The molecule has 1 aromatic carbocycles. The number of hydrogen-bond donors (Lipinski definition) is 0. The molecule has 2 heteroatoms. The zero-order valence-corrected chi connectivity index (χ0v) is 8.51. The van der Waals surface area contributed by atoms with Crippen molar-refractivity contribution < 1.29 is 9.59 Å². The summed E-state index contributed by atoms with van der Waals surface area (Å²) in [4.78, 5) is 21.5. The minimum atomic E-state index is -0.479. The molecule has 0 heterocycles. The predicted octanol–water partition coefficient (Wildman–Crippen LogP) is 2.41. The third-order valence-corrected chi connectivity index (χ3v) is 1.79. The lowest BCUT2D eigenvalue weighted by molar-refractivity contribution is -0.132. The van der Waals surface area contributed by atoms with Crippen LogP contribution in [0.15, 0.2) is 48.6 Å². The molecule has 0 spiro atoms. The summed E-state index contributed by atoms with van der Waals surface area (Å²) in [5.74, 6) is -0.924. The van der Waals surface area contributed by atoms with E-state index in [-0.39, 0.29) is 0 Å². The maximum absolute atomic E-state index is 10.9. The highest BCUT2D eigenvalue weighted by molar-refractivity contribution is 6.40. The SMILES string of the molecule is CC(=O)C(=O)/C=C/C=C/c1ccccc1. The Bertz CT molecular complexity index is 400. The van der Waals surface area contributed by atoms with Gasteiger partial charge in [-0.1, -0.05) is 48.6 Å². The standard InChI is InChI=1S/C13H12O2/c1-11(14)13(15)10-6-5-9-12-7-3-2-4-8-12/h2-10H,1H3/b9-5+,10-6+. The van der Waals surface area contributed by atoms with Gasteiger partial charge in [0.2, 0.25) is 5.78 Å². The van der Waals surface area contributed by atoms with E-state index in [0.29, 0.717) is 0 Å². The van der Waals surface area contributed by atoms with Crippen LogP contribution in [-0.4, -0.2) is 11.6 Å². The Balaban J connectivity index is 2.54. The Kier molecular flexibility index (Phi) is 4.23. The number of hydrogen-bond acceptors (Lipinski definition) is 2. The molecule has 0 fully saturated rings. The van der Waals surface area contributed by atoms with Crippen molar-refractivity contribution in [2.75, 3.05) is 0 Å². The molecule has 0 unspecified atom stereocenters. The van der Waals surface area contributed by atoms with Crippen molar-refractivity contribution in [3.63, 3.8) is 0 Å². The molecule has 0 saturated heterocycles. The van der Waals surface area contributed by atoms with Crippen molar-refractivity contribution >= 4 is 17.6 Å².